The van der Waals surface area contributed by atoms with Gasteiger partial charge in [-0.15, -0.1) is 0 Å². The molecule has 3 heterocycles. The summed E-state index contributed by atoms with van der Waals surface area (Å²) in [6.07, 6.45) is 0. The zero-order chi connectivity index (χ0) is 37.0. The molecule has 0 aliphatic rings. The van der Waals surface area contributed by atoms with Gasteiger partial charge in [-0.1, -0.05) is 152 Å². The number of para-hydroxylation sites is 4. The van der Waals surface area contributed by atoms with Gasteiger partial charge >= 0.3 is 0 Å². The minimum atomic E-state index is 0.616. The average molecular weight is 716 g/mol. The van der Waals surface area contributed by atoms with E-state index < -0.39 is 0 Å². The number of rotatable bonds is 6. The van der Waals surface area contributed by atoms with Crippen molar-refractivity contribution in [2.24, 2.45) is 0 Å². The Hall–Kier alpha value is -7.63. The predicted octanol–water partition coefficient (Wildman–Crippen LogP) is 12.7. The molecular formula is C51H33N5. The molecule has 56 heavy (non-hydrogen) atoms. The van der Waals surface area contributed by atoms with Crippen LogP contribution < -0.4 is 0 Å². The van der Waals surface area contributed by atoms with Gasteiger partial charge in [0.05, 0.1) is 22.1 Å². The minimum Gasteiger partial charge on any atom is -0.309 e. The zero-order valence-corrected chi connectivity index (χ0v) is 30.3. The maximum Gasteiger partial charge on any atom is 0.166 e. The number of nitrogens with zero attached hydrogens (tertiary/aromatic N) is 5. The highest BCUT2D eigenvalue weighted by molar-refractivity contribution is 6.14. The summed E-state index contributed by atoms with van der Waals surface area (Å²) in [5.41, 5.74) is 11.8. The van der Waals surface area contributed by atoms with Gasteiger partial charge < -0.3 is 9.13 Å². The lowest BCUT2D eigenvalue weighted by molar-refractivity contribution is 1.07. The van der Waals surface area contributed by atoms with Gasteiger partial charge in [-0.05, 0) is 59.7 Å². The van der Waals surface area contributed by atoms with Gasteiger partial charge in [-0.25, -0.2) is 15.0 Å². The second-order valence-corrected chi connectivity index (χ2v) is 14.1. The summed E-state index contributed by atoms with van der Waals surface area (Å²) < 4.78 is 4.69. The Morgan fingerprint density at radius 1 is 0.286 bits per heavy atom. The SMILES string of the molecule is c1ccc(-c2ccc3c4ccc(-c5nc(-c6ccccc6)nc(-c6cccc7c8ccccc8n(-c8ccccc8)c67)n5)cc4n(-c4ccccc4)c3c2)cc1. The van der Waals surface area contributed by atoms with Crippen LogP contribution in [0.4, 0.5) is 0 Å². The summed E-state index contributed by atoms with van der Waals surface area (Å²) in [7, 11) is 0. The van der Waals surface area contributed by atoms with Crippen LogP contribution in [0.2, 0.25) is 0 Å². The largest absolute Gasteiger partial charge is 0.309 e. The molecule has 3 aromatic heterocycles. The second-order valence-electron chi connectivity index (χ2n) is 14.1. The fourth-order valence-corrected chi connectivity index (χ4v) is 8.21. The van der Waals surface area contributed by atoms with E-state index in [1.54, 1.807) is 0 Å². The summed E-state index contributed by atoms with van der Waals surface area (Å²) in [5, 5.41) is 4.69. The predicted molar refractivity (Wildman–Crippen MR) is 230 cm³/mol. The van der Waals surface area contributed by atoms with Gasteiger partial charge in [0.2, 0.25) is 0 Å². The van der Waals surface area contributed by atoms with Gasteiger partial charge in [0.25, 0.3) is 0 Å². The van der Waals surface area contributed by atoms with E-state index in [9.17, 15) is 0 Å². The van der Waals surface area contributed by atoms with E-state index in [1.807, 2.05) is 18.2 Å². The first kappa shape index (κ1) is 31.9. The molecule has 0 saturated carbocycles. The van der Waals surface area contributed by atoms with Crippen molar-refractivity contribution in [1.82, 2.24) is 24.1 Å². The first-order valence-corrected chi connectivity index (χ1v) is 18.9. The molecule has 0 amide bonds. The van der Waals surface area contributed by atoms with Gasteiger partial charge in [-0.3, -0.25) is 0 Å². The molecule has 0 unspecified atom stereocenters. The van der Waals surface area contributed by atoms with Crippen LogP contribution in [0, 0.1) is 0 Å². The van der Waals surface area contributed by atoms with Crippen LogP contribution in [0.25, 0.3) is 100 Å². The van der Waals surface area contributed by atoms with E-state index in [1.165, 1.54) is 27.3 Å². The lowest BCUT2D eigenvalue weighted by Crippen LogP contribution is -2.02. The smallest absolute Gasteiger partial charge is 0.166 e. The van der Waals surface area contributed by atoms with E-state index in [0.717, 1.165) is 55.5 Å². The third-order valence-corrected chi connectivity index (χ3v) is 10.8. The van der Waals surface area contributed by atoms with Crippen molar-refractivity contribution in [1.29, 1.82) is 0 Å². The molecule has 0 radical (unpaired) electrons. The molecule has 0 atom stereocenters. The molecular weight excluding hydrogens is 683 g/mol. The van der Waals surface area contributed by atoms with Crippen molar-refractivity contribution in [3.63, 3.8) is 0 Å². The number of hydrogen-bond donors (Lipinski definition) is 0. The van der Waals surface area contributed by atoms with Crippen LogP contribution >= 0.6 is 0 Å². The lowest BCUT2D eigenvalue weighted by atomic mass is 10.0. The van der Waals surface area contributed by atoms with Crippen LogP contribution in [-0.4, -0.2) is 24.1 Å². The van der Waals surface area contributed by atoms with Crippen molar-refractivity contribution in [2.45, 2.75) is 0 Å². The molecule has 0 bridgehead atoms. The first-order valence-electron chi connectivity index (χ1n) is 18.9. The van der Waals surface area contributed by atoms with Crippen LogP contribution in [-0.2, 0) is 0 Å². The summed E-state index contributed by atoms with van der Waals surface area (Å²) >= 11 is 0. The molecule has 11 rings (SSSR count). The summed E-state index contributed by atoms with van der Waals surface area (Å²) in [5.74, 6) is 1.86. The monoisotopic (exact) mass is 715 g/mol. The Kier molecular flexibility index (Phi) is 7.42. The molecule has 5 nitrogen and oxygen atoms in total. The van der Waals surface area contributed by atoms with Gasteiger partial charge in [0.15, 0.2) is 17.5 Å². The molecule has 0 spiro atoms. The zero-order valence-electron chi connectivity index (χ0n) is 30.3. The quantitative estimate of drug-likeness (QED) is 0.172. The Labute approximate surface area is 323 Å². The highest BCUT2D eigenvalue weighted by Crippen LogP contribution is 2.40. The topological polar surface area (TPSA) is 48.5 Å². The number of fused-ring (bicyclic) bond motifs is 6. The maximum absolute atomic E-state index is 5.33. The van der Waals surface area contributed by atoms with E-state index in [-0.39, 0.29) is 0 Å². The fraction of sp³-hybridized carbons (Fsp3) is 0. The highest BCUT2D eigenvalue weighted by atomic mass is 15.1. The standard InChI is InChI=1S/C51H33N5/c1-5-16-34(17-6-1)36-28-30-41-42-31-29-37(33-47(42)55(46(41)32-36)38-20-9-3-10-21-38)50-52-49(35-18-7-2-8-19-35)53-51(54-50)44-26-15-25-43-40-24-13-14-27-45(40)56(48(43)44)39-22-11-4-12-23-39/h1-33H. The summed E-state index contributed by atoms with van der Waals surface area (Å²) in [4.78, 5) is 15.7. The van der Waals surface area contributed by atoms with E-state index >= 15 is 0 Å². The van der Waals surface area contributed by atoms with Crippen LogP contribution in [0.15, 0.2) is 200 Å². The lowest BCUT2D eigenvalue weighted by Gasteiger charge is -2.13. The maximum atomic E-state index is 5.33. The third-order valence-electron chi connectivity index (χ3n) is 10.8. The van der Waals surface area contributed by atoms with E-state index in [2.05, 4.69) is 191 Å². The van der Waals surface area contributed by atoms with Crippen molar-refractivity contribution in [3.05, 3.63) is 200 Å². The first-order chi connectivity index (χ1) is 27.8. The Balaban J connectivity index is 1.17. The molecule has 11 aromatic rings. The van der Waals surface area contributed by atoms with Crippen molar-refractivity contribution in [2.75, 3.05) is 0 Å². The van der Waals surface area contributed by atoms with Crippen molar-refractivity contribution >= 4 is 43.6 Å². The van der Waals surface area contributed by atoms with Gasteiger partial charge in [-0.2, -0.15) is 0 Å². The molecule has 0 aliphatic heterocycles. The van der Waals surface area contributed by atoms with Crippen LogP contribution in [0.5, 0.6) is 0 Å². The molecule has 0 aliphatic carbocycles. The average Bonchev–Trinajstić information content (AvgIpc) is 3.80. The molecule has 0 saturated heterocycles. The van der Waals surface area contributed by atoms with E-state index in [4.69, 9.17) is 15.0 Å². The molecule has 5 heteroatoms. The van der Waals surface area contributed by atoms with Crippen LogP contribution in [0.3, 0.4) is 0 Å². The molecule has 262 valence electrons. The minimum absolute atomic E-state index is 0.616. The van der Waals surface area contributed by atoms with Crippen molar-refractivity contribution in [3.8, 4) is 56.7 Å². The third kappa shape index (κ3) is 5.21. The summed E-state index contributed by atoms with van der Waals surface area (Å²) in [6.45, 7) is 0. The normalized spacial score (nSPS) is 11.6. The van der Waals surface area contributed by atoms with Gasteiger partial charge in [0, 0.05) is 49.6 Å². The van der Waals surface area contributed by atoms with Gasteiger partial charge in [0.1, 0.15) is 0 Å². The Morgan fingerprint density at radius 2 is 0.768 bits per heavy atom. The Bertz CT molecular complexity index is 3220. The Morgan fingerprint density at radius 3 is 1.45 bits per heavy atom. The van der Waals surface area contributed by atoms with Crippen LogP contribution in [0.1, 0.15) is 0 Å². The molecule has 8 aromatic carbocycles. The fourth-order valence-electron chi connectivity index (χ4n) is 8.21. The number of benzene rings is 8. The second kappa shape index (κ2) is 13.0. The van der Waals surface area contributed by atoms with E-state index in [0.29, 0.717) is 17.5 Å². The highest BCUT2D eigenvalue weighted by Gasteiger charge is 2.21. The number of hydrogen-bond acceptors (Lipinski definition) is 3. The number of aromatic nitrogens is 5. The summed E-state index contributed by atoms with van der Waals surface area (Å²) in [6, 6.07) is 70.3. The molecule has 0 N–H and O–H groups in total. The van der Waals surface area contributed by atoms with Crippen molar-refractivity contribution < 1.29 is 0 Å². The molecule has 0 fully saturated rings.